The summed E-state index contributed by atoms with van der Waals surface area (Å²) in [5, 5.41) is 4.87. The first kappa shape index (κ1) is 17.9. The van der Waals surface area contributed by atoms with Crippen molar-refractivity contribution in [3.63, 3.8) is 0 Å². The summed E-state index contributed by atoms with van der Waals surface area (Å²) in [5.74, 6) is 2.49. The Bertz CT molecular complexity index is 975. The van der Waals surface area contributed by atoms with Crippen LogP contribution in [0.5, 0.6) is 5.75 Å². The smallest absolute Gasteiger partial charge is 0.203 e. The molecule has 0 atom stereocenters. The van der Waals surface area contributed by atoms with Crippen molar-refractivity contribution in [2.45, 2.75) is 32.0 Å². The maximum absolute atomic E-state index is 5.78. The molecule has 5 nitrogen and oxygen atoms in total. The van der Waals surface area contributed by atoms with E-state index in [-0.39, 0.29) is 0 Å². The fourth-order valence-corrected chi connectivity index (χ4v) is 3.60. The van der Waals surface area contributed by atoms with Crippen LogP contribution in [0.2, 0.25) is 0 Å². The highest BCUT2D eigenvalue weighted by Gasteiger charge is 2.30. The highest BCUT2D eigenvalue weighted by molar-refractivity contribution is 7.71. The van der Waals surface area contributed by atoms with Gasteiger partial charge in [0, 0.05) is 18.2 Å². The van der Waals surface area contributed by atoms with E-state index in [0.717, 1.165) is 28.6 Å². The first-order chi connectivity index (χ1) is 13.2. The molecule has 1 heterocycles. The minimum Gasteiger partial charge on any atom is -0.497 e. The van der Waals surface area contributed by atoms with Gasteiger partial charge in [0.05, 0.1) is 13.8 Å². The van der Waals surface area contributed by atoms with Crippen molar-refractivity contribution in [3.8, 4) is 11.4 Å². The monoisotopic (exact) mass is 380 g/mol. The molecule has 0 N–H and O–H groups in total. The van der Waals surface area contributed by atoms with E-state index in [9.17, 15) is 0 Å². The van der Waals surface area contributed by atoms with Gasteiger partial charge in [-0.15, -0.1) is 0 Å². The zero-order chi connectivity index (χ0) is 18.8. The number of aromatic nitrogens is 3. The molecular formula is C21H24N4OS. The first-order valence-electron chi connectivity index (χ1n) is 9.22. The van der Waals surface area contributed by atoms with Gasteiger partial charge >= 0.3 is 0 Å². The van der Waals surface area contributed by atoms with Crippen LogP contribution in [-0.4, -0.2) is 33.4 Å². The van der Waals surface area contributed by atoms with Crippen LogP contribution in [0.25, 0.3) is 5.69 Å². The molecule has 140 valence electrons. The van der Waals surface area contributed by atoms with E-state index >= 15 is 0 Å². The zero-order valence-corrected chi connectivity index (χ0v) is 16.5. The van der Waals surface area contributed by atoms with Crippen LogP contribution in [0.3, 0.4) is 0 Å². The van der Waals surface area contributed by atoms with Gasteiger partial charge < -0.3 is 4.74 Å². The Morgan fingerprint density at radius 2 is 1.93 bits per heavy atom. The molecule has 1 fully saturated rings. The molecule has 27 heavy (non-hydrogen) atoms. The molecule has 1 aliphatic carbocycles. The Morgan fingerprint density at radius 3 is 2.63 bits per heavy atom. The molecule has 0 saturated heterocycles. The lowest BCUT2D eigenvalue weighted by Crippen LogP contribution is -2.22. The molecule has 0 spiro atoms. The number of para-hydroxylation sites is 1. The third-order valence-electron chi connectivity index (χ3n) is 4.78. The minimum absolute atomic E-state index is 0.525. The second-order valence-corrected chi connectivity index (χ2v) is 7.46. The number of benzene rings is 2. The summed E-state index contributed by atoms with van der Waals surface area (Å²) in [6.07, 6.45) is 2.39. The normalized spacial score (nSPS) is 13.9. The summed E-state index contributed by atoms with van der Waals surface area (Å²) in [5.41, 5.74) is 2.29. The Morgan fingerprint density at radius 1 is 1.15 bits per heavy atom. The number of hydrogen-bond acceptors (Lipinski definition) is 4. The number of methoxy groups -OCH3 is 1. The second-order valence-electron chi connectivity index (χ2n) is 7.09. The van der Waals surface area contributed by atoms with Crippen LogP contribution in [0.4, 0.5) is 0 Å². The van der Waals surface area contributed by atoms with E-state index in [1.807, 2.05) is 35.0 Å². The average molecular weight is 381 g/mol. The second kappa shape index (κ2) is 7.66. The quantitative estimate of drug-likeness (QED) is 0.570. The highest BCUT2D eigenvalue weighted by Crippen LogP contribution is 2.40. The summed E-state index contributed by atoms with van der Waals surface area (Å²) < 4.78 is 10.1. The first-order valence-corrected chi connectivity index (χ1v) is 9.63. The van der Waals surface area contributed by atoms with Crippen LogP contribution < -0.4 is 4.74 Å². The molecule has 0 aliphatic heterocycles. The van der Waals surface area contributed by atoms with Crippen molar-refractivity contribution < 1.29 is 4.74 Å². The van der Waals surface area contributed by atoms with E-state index in [1.165, 1.54) is 18.4 Å². The van der Waals surface area contributed by atoms with Crippen LogP contribution in [-0.2, 0) is 13.2 Å². The third-order valence-corrected chi connectivity index (χ3v) is 5.18. The Kier molecular flexibility index (Phi) is 5.09. The Hall–Kier alpha value is -2.44. The standard InChI is InChI=1S/C21H24N4OS/c1-23(14-16-7-6-10-19(13-16)26-2)15-24-21(27)25(18-8-4-3-5-9-18)20(22-24)17-11-12-17/h3-10,13,17H,11-12,14-15H2,1-2H3. The van der Waals surface area contributed by atoms with Crippen molar-refractivity contribution in [1.82, 2.24) is 19.2 Å². The average Bonchev–Trinajstić information content (AvgIpc) is 3.48. The molecule has 1 aliphatic rings. The summed E-state index contributed by atoms with van der Waals surface area (Å²) in [4.78, 5) is 2.21. The largest absolute Gasteiger partial charge is 0.497 e. The topological polar surface area (TPSA) is 35.2 Å². The number of nitrogens with zero attached hydrogens (tertiary/aromatic N) is 4. The van der Waals surface area contributed by atoms with Gasteiger partial charge in [-0.25, -0.2) is 4.68 Å². The molecule has 3 aromatic rings. The maximum atomic E-state index is 5.78. The highest BCUT2D eigenvalue weighted by atomic mass is 32.1. The lowest BCUT2D eigenvalue weighted by Gasteiger charge is -2.17. The molecule has 2 aromatic carbocycles. The fraction of sp³-hybridized carbons (Fsp3) is 0.333. The van der Waals surface area contributed by atoms with Crippen molar-refractivity contribution in [2.75, 3.05) is 14.2 Å². The van der Waals surface area contributed by atoms with E-state index in [2.05, 4.69) is 40.8 Å². The predicted octanol–water partition coefficient (Wildman–Crippen LogP) is 4.38. The van der Waals surface area contributed by atoms with Gasteiger partial charge in [-0.3, -0.25) is 9.47 Å². The predicted molar refractivity (Wildman–Crippen MR) is 109 cm³/mol. The van der Waals surface area contributed by atoms with Gasteiger partial charge in [-0.2, -0.15) is 5.10 Å². The van der Waals surface area contributed by atoms with Gasteiger partial charge in [-0.1, -0.05) is 30.3 Å². The molecule has 6 heteroatoms. The van der Waals surface area contributed by atoms with Crippen molar-refractivity contribution in [3.05, 3.63) is 70.8 Å². The molecule has 0 radical (unpaired) electrons. The lowest BCUT2D eigenvalue weighted by molar-refractivity contribution is 0.243. The Balaban J connectivity index is 1.58. The van der Waals surface area contributed by atoms with E-state index < -0.39 is 0 Å². The summed E-state index contributed by atoms with van der Waals surface area (Å²) in [6, 6.07) is 18.4. The van der Waals surface area contributed by atoms with Crippen LogP contribution in [0.15, 0.2) is 54.6 Å². The van der Waals surface area contributed by atoms with E-state index in [4.69, 9.17) is 22.1 Å². The third kappa shape index (κ3) is 3.96. The molecule has 1 aromatic heterocycles. The van der Waals surface area contributed by atoms with Crippen LogP contribution in [0, 0.1) is 4.77 Å². The molecule has 0 amide bonds. The van der Waals surface area contributed by atoms with Crippen molar-refractivity contribution in [2.24, 2.45) is 0 Å². The number of hydrogen-bond donors (Lipinski definition) is 0. The van der Waals surface area contributed by atoms with Crippen molar-refractivity contribution >= 4 is 12.2 Å². The molecule has 4 rings (SSSR count). The number of rotatable bonds is 7. The lowest BCUT2D eigenvalue weighted by atomic mass is 10.2. The van der Waals surface area contributed by atoms with Gasteiger partial charge in [0.25, 0.3) is 0 Å². The van der Waals surface area contributed by atoms with Crippen LogP contribution in [0.1, 0.15) is 30.1 Å². The number of ether oxygens (including phenoxy) is 1. The summed E-state index contributed by atoms with van der Waals surface area (Å²) in [7, 11) is 3.78. The minimum atomic E-state index is 0.525. The van der Waals surface area contributed by atoms with Crippen molar-refractivity contribution in [1.29, 1.82) is 0 Å². The summed E-state index contributed by atoms with van der Waals surface area (Å²) >= 11 is 5.78. The van der Waals surface area contributed by atoms with E-state index in [0.29, 0.717) is 12.6 Å². The molecule has 0 bridgehead atoms. The summed E-state index contributed by atoms with van der Waals surface area (Å²) in [6.45, 7) is 1.45. The molecular weight excluding hydrogens is 356 g/mol. The molecule has 0 unspecified atom stereocenters. The molecule has 1 saturated carbocycles. The van der Waals surface area contributed by atoms with Crippen LogP contribution >= 0.6 is 12.2 Å². The maximum Gasteiger partial charge on any atom is 0.203 e. The Labute approximate surface area is 164 Å². The SMILES string of the molecule is COc1cccc(CN(C)Cn2nc(C3CC3)n(-c3ccccc3)c2=S)c1. The van der Waals surface area contributed by atoms with E-state index in [1.54, 1.807) is 7.11 Å². The fourth-order valence-electron chi connectivity index (χ4n) is 3.30. The van der Waals surface area contributed by atoms with Gasteiger partial charge in [0.2, 0.25) is 4.77 Å². The zero-order valence-electron chi connectivity index (χ0n) is 15.7. The van der Waals surface area contributed by atoms with Gasteiger partial charge in [-0.05, 0) is 61.9 Å². The van der Waals surface area contributed by atoms with Gasteiger partial charge in [0.1, 0.15) is 11.6 Å². The van der Waals surface area contributed by atoms with Gasteiger partial charge in [0.15, 0.2) is 0 Å².